The van der Waals surface area contributed by atoms with Crippen LogP contribution in [0.25, 0.3) is 0 Å². The first-order valence-electron chi connectivity index (χ1n) is 7.88. The summed E-state index contributed by atoms with van der Waals surface area (Å²) in [6.07, 6.45) is 1.42. The third-order valence-electron chi connectivity index (χ3n) is 3.64. The van der Waals surface area contributed by atoms with Crippen LogP contribution in [0.4, 0.5) is 28.7 Å². The quantitative estimate of drug-likeness (QED) is 0.480. The second kappa shape index (κ2) is 7.93. The van der Waals surface area contributed by atoms with E-state index in [-0.39, 0.29) is 0 Å². The van der Waals surface area contributed by atoms with Crippen molar-refractivity contribution >= 4 is 28.7 Å². The fourth-order valence-electron chi connectivity index (χ4n) is 2.28. The molecule has 0 bridgehead atoms. The van der Waals surface area contributed by atoms with Crippen LogP contribution >= 0.6 is 0 Å². The Balaban J connectivity index is 1.79. The number of nitrogens with one attached hydrogen (secondary N) is 3. The van der Waals surface area contributed by atoms with E-state index in [4.69, 9.17) is 15.2 Å². The molecule has 3 rings (SSSR count). The average molecular weight is 352 g/mol. The van der Waals surface area contributed by atoms with E-state index in [1.807, 2.05) is 42.5 Å². The lowest BCUT2D eigenvalue weighted by atomic mass is 10.2. The zero-order chi connectivity index (χ0) is 18.4. The van der Waals surface area contributed by atoms with Crippen molar-refractivity contribution in [1.82, 2.24) is 9.97 Å². The van der Waals surface area contributed by atoms with Gasteiger partial charge < -0.3 is 20.5 Å². The van der Waals surface area contributed by atoms with Gasteiger partial charge in [0.2, 0.25) is 0 Å². The van der Waals surface area contributed by atoms with Gasteiger partial charge in [0.1, 0.15) is 23.5 Å². The maximum absolute atomic E-state index is 6.19. The number of nitrogen functional groups attached to an aromatic ring is 1. The Kier molecular flexibility index (Phi) is 5.23. The van der Waals surface area contributed by atoms with Gasteiger partial charge in [0, 0.05) is 6.07 Å². The van der Waals surface area contributed by atoms with Gasteiger partial charge in [-0.15, -0.1) is 0 Å². The molecule has 134 valence electrons. The van der Waals surface area contributed by atoms with Gasteiger partial charge in [-0.05, 0) is 24.3 Å². The lowest BCUT2D eigenvalue weighted by molar-refractivity contribution is 0.395. The molecule has 1 aromatic heterocycles. The number of benzene rings is 2. The number of hydrogen-bond donors (Lipinski definition) is 4. The van der Waals surface area contributed by atoms with E-state index in [1.54, 1.807) is 20.3 Å². The lowest BCUT2D eigenvalue weighted by Crippen LogP contribution is -2.13. The second-order valence-corrected chi connectivity index (χ2v) is 5.29. The van der Waals surface area contributed by atoms with Gasteiger partial charge in [-0.2, -0.15) is 0 Å². The number of hydrogen-bond acceptors (Lipinski definition) is 8. The van der Waals surface area contributed by atoms with Gasteiger partial charge in [0.05, 0.1) is 25.6 Å². The Morgan fingerprint density at radius 3 is 2.38 bits per heavy atom. The minimum atomic E-state index is 0.369. The largest absolute Gasteiger partial charge is 0.497 e. The molecule has 0 fully saturated rings. The van der Waals surface area contributed by atoms with Crippen molar-refractivity contribution in [3.05, 3.63) is 54.9 Å². The number of nitrogens with two attached hydrogens (primary N) is 1. The Morgan fingerprint density at radius 1 is 0.885 bits per heavy atom. The van der Waals surface area contributed by atoms with E-state index in [9.17, 15) is 0 Å². The predicted molar refractivity (Wildman–Crippen MR) is 103 cm³/mol. The molecule has 0 aliphatic heterocycles. The number of ether oxygens (including phenoxy) is 2. The molecule has 0 aliphatic carbocycles. The van der Waals surface area contributed by atoms with Gasteiger partial charge in [-0.3, -0.25) is 10.9 Å². The van der Waals surface area contributed by atoms with Crippen molar-refractivity contribution in [1.29, 1.82) is 0 Å². The molecule has 0 atom stereocenters. The molecule has 0 amide bonds. The van der Waals surface area contributed by atoms with Crippen LogP contribution in [-0.4, -0.2) is 24.2 Å². The normalized spacial score (nSPS) is 10.1. The molecule has 1 heterocycles. The monoisotopic (exact) mass is 352 g/mol. The molecule has 2 aromatic carbocycles. The van der Waals surface area contributed by atoms with Gasteiger partial charge in [0.25, 0.3) is 0 Å². The highest BCUT2D eigenvalue weighted by Gasteiger charge is 2.11. The van der Waals surface area contributed by atoms with Crippen molar-refractivity contribution < 1.29 is 9.47 Å². The van der Waals surface area contributed by atoms with Crippen molar-refractivity contribution in [2.75, 3.05) is 36.1 Å². The van der Waals surface area contributed by atoms with Crippen molar-refractivity contribution in [3.63, 3.8) is 0 Å². The van der Waals surface area contributed by atoms with E-state index in [0.717, 1.165) is 5.69 Å². The molecule has 0 saturated carbocycles. The fraction of sp³-hybridized carbons (Fsp3) is 0.111. The van der Waals surface area contributed by atoms with Crippen molar-refractivity contribution in [3.8, 4) is 11.5 Å². The zero-order valence-corrected chi connectivity index (χ0v) is 14.5. The zero-order valence-electron chi connectivity index (χ0n) is 14.5. The Hall–Kier alpha value is -3.68. The van der Waals surface area contributed by atoms with Crippen LogP contribution in [0.15, 0.2) is 54.9 Å². The third kappa shape index (κ3) is 3.86. The van der Waals surface area contributed by atoms with Crippen LogP contribution in [0, 0.1) is 0 Å². The van der Waals surface area contributed by atoms with Crippen LogP contribution in [0.1, 0.15) is 0 Å². The molecule has 0 unspecified atom stereocenters. The van der Waals surface area contributed by atoms with E-state index in [2.05, 4.69) is 26.1 Å². The van der Waals surface area contributed by atoms with Gasteiger partial charge in [-0.1, -0.05) is 18.2 Å². The summed E-state index contributed by atoms with van der Waals surface area (Å²) in [5, 5.41) is 3.16. The smallest absolute Gasteiger partial charge is 0.173 e. The van der Waals surface area contributed by atoms with Gasteiger partial charge in [-0.25, -0.2) is 9.97 Å². The summed E-state index contributed by atoms with van der Waals surface area (Å²) >= 11 is 0. The highest BCUT2D eigenvalue weighted by Crippen LogP contribution is 2.33. The van der Waals surface area contributed by atoms with Crippen LogP contribution in [0.2, 0.25) is 0 Å². The summed E-state index contributed by atoms with van der Waals surface area (Å²) in [5.74, 6) is 2.22. The molecule has 0 spiro atoms. The van der Waals surface area contributed by atoms with Crippen LogP contribution < -0.4 is 31.4 Å². The topological polar surface area (TPSA) is 106 Å². The third-order valence-corrected chi connectivity index (χ3v) is 3.64. The number of aromatic nitrogens is 2. The molecular formula is C18H20N6O2. The summed E-state index contributed by atoms with van der Waals surface area (Å²) in [6.45, 7) is 0. The average Bonchev–Trinajstić information content (AvgIpc) is 2.69. The predicted octanol–water partition coefficient (Wildman–Crippen LogP) is 3.26. The van der Waals surface area contributed by atoms with Gasteiger partial charge >= 0.3 is 0 Å². The van der Waals surface area contributed by atoms with E-state index >= 15 is 0 Å². The Morgan fingerprint density at radius 2 is 1.65 bits per heavy atom. The first kappa shape index (κ1) is 17.2. The molecular weight excluding hydrogens is 332 g/mol. The molecule has 8 nitrogen and oxygen atoms in total. The number of anilines is 5. The highest BCUT2D eigenvalue weighted by atomic mass is 16.5. The van der Waals surface area contributed by atoms with Gasteiger partial charge in [0.15, 0.2) is 11.6 Å². The van der Waals surface area contributed by atoms with Crippen LogP contribution in [0.5, 0.6) is 11.5 Å². The maximum Gasteiger partial charge on any atom is 0.173 e. The number of methoxy groups -OCH3 is 2. The lowest BCUT2D eigenvalue weighted by Gasteiger charge is -2.15. The Labute approximate surface area is 151 Å². The molecule has 8 heteroatoms. The molecule has 0 aliphatic rings. The number of rotatable bonds is 7. The summed E-state index contributed by atoms with van der Waals surface area (Å²) in [7, 11) is 3.18. The molecule has 5 N–H and O–H groups in total. The molecule has 3 aromatic rings. The Bertz CT molecular complexity index is 873. The van der Waals surface area contributed by atoms with Crippen molar-refractivity contribution in [2.24, 2.45) is 0 Å². The number of nitrogens with zero attached hydrogens (tertiary/aromatic N) is 2. The van der Waals surface area contributed by atoms with Crippen LogP contribution in [0.3, 0.4) is 0 Å². The van der Waals surface area contributed by atoms with Crippen LogP contribution in [-0.2, 0) is 0 Å². The summed E-state index contributed by atoms with van der Waals surface area (Å²) in [4.78, 5) is 8.37. The molecule has 0 radical (unpaired) electrons. The fourth-order valence-corrected chi connectivity index (χ4v) is 2.28. The first-order valence-corrected chi connectivity index (χ1v) is 7.88. The molecule has 0 saturated heterocycles. The maximum atomic E-state index is 6.19. The summed E-state index contributed by atoms with van der Waals surface area (Å²) < 4.78 is 10.6. The van der Waals surface area contributed by atoms with E-state index < -0.39 is 0 Å². The van der Waals surface area contributed by atoms with Crippen molar-refractivity contribution in [2.45, 2.75) is 0 Å². The highest BCUT2D eigenvalue weighted by molar-refractivity contribution is 5.80. The SMILES string of the molecule is COc1ccc(Nc2ncnc(NNc3ccccc3)c2N)c(OC)c1. The first-order chi connectivity index (χ1) is 12.7. The standard InChI is InChI=1S/C18H20N6O2/c1-25-13-8-9-14(15(10-13)26-2)22-17-16(19)18(21-11-20-17)24-23-12-6-4-3-5-7-12/h3-11,23H,19H2,1-2H3,(H2,20,21,22,24). The van der Waals surface area contributed by atoms with E-state index in [1.165, 1.54) is 6.33 Å². The summed E-state index contributed by atoms with van der Waals surface area (Å²) in [6, 6.07) is 15.1. The number of para-hydroxylation sites is 1. The molecule has 26 heavy (non-hydrogen) atoms. The van der Waals surface area contributed by atoms with E-state index in [0.29, 0.717) is 34.5 Å². The minimum absolute atomic E-state index is 0.369. The summed E-state index contributed by atoms with van der Waals surface area (Å²) in [5.41, 5.74) is 14.2. The minimum Gasteiger partial charge on any atom is -0.497 e. The second-order valence-electron chi connectivity index (χ2n) is 5.29. The number of hydrazine groups is 1.